The van der Waals surface area contributed by atoms with Crippen LogP contribution in [0.3, 0.4) is 0 Å². The molecule has 82 valence electrons. The van der Waals surface area contributed by atoms with Gasteiger partial charge in [0, 0.05) is 0 Å². The Morgan fingerprint density at radius 2 is 2.07 bits per heavy atom. The van der Waals surface area contributed by atoms with Gasteiger partial charge in [0.2, 0.25) is 0 Å². The monoisotopic (exact) mass is 208 g/mol. The predicted octanol–water partition coefficient (Wildman–Crippen LogP) is 0.749. The molecule has 15 heavy (non-hydrogen) atoms. The molecule has 0 atom stereocenters. The van der Waals surface area contributed by atoms with E-state index in [1.54, 1.807) is 0 Å². The van der Waals surface area contributed by atoms with Gasteiger partial charge in [-0.15, -0.1) is 0 Å². The topological polar surface area (TPSA) is 50.4 Å². The first-order valence-corrected chi connectivity index (χ1v) is 4.98. The maximum atomic E-state index is 11.2. The molecule has 4 heteroatoms. The highest BCUT2D eigenvalue weighted by Crippen LogP contribution is 2.07. The molecule has 0 aliphatic rings. The lowest BCUT2D eigenvalue weighted by Crippen LogP contribution is -2.36. The Morgan fingerprint density at radius 1 is 1.33 bits per heavy atom. The third-order valence-corrected chi connectivity index (χ3v) is 1.77. The number of nitrogens with one attached hydrogen (secondary N) is 2. The van der Waals surface area contributed by atoms with Gasteiger partial charge in [0.1, 0.15) is 5.75 Å². The summed E-state index contributed by atoms with van der Waals surface area (Å²) in [4.78, 5) is 11.2. The molecule has 1 aromatic rings. The Morgan fingerprint density at radius 3 is 2.73 bits per heavy atom. The molecule has 0 aliphatic heterocycles. The maximum absolute atomic E-state index is 11.2. The van der Waals surface area contributed by atoms with Crippen LogP contribution in [-0.4, -0.2) is 25.7 Å². The van der Waals surface area contributed by atoms with E-state index in [1.165, 1.54) is 0 Å². The zero-order valence-corrected chi connectivity index (χ0v) is 8.82. The van der Waals surface area contributed by atoms with Crippen molar-refractivity contribution in [1.82, 2.24) is 10.6 Å². The van der Waals surface area contributed by atoms with Gasteiger partial charge in [-0.3, -0.25) is 4.79 Å². The van der Waals surface area contributed by atoms with Crippen LogP contribution < -0.4 is 15.4 Å². The molecule has 0 saturated heterocycles. The van der Waals surface area contributed by atoms with E-state index >= 15 is 0 Å². The van der Waals surface area contributed by atoms with E-state index in [-0.39, 0.29) is 12.5 Å². The first kappa shape index (κ1) is 11.5. The lowest BCUT2D eigenvalue weighted by molar-refractivity contribution is -0.123. The summed E-state index contributed by atoms with van der Waals surface area (Å²) in [6.45, 7) is 3.34. The zero-order chi connectivity index (χ0) is 10.9. The molecule has 2 N–H and O–H groups in total. The van der Waals surface area contributed by atoms with Crippen molar-refractivity contribution in [3.63, 3.8) is 0 Å². The van der Waals surface area contributed by atoms with E-state index in [9.17, 15) is 4.79 Å². The smallest absolute Gasteiger partial charge is 0.258 e. The number of benzene rings is 1. The van der Waals surface area contributed by atoms with E-state index in [2.05, 4.69) is 10.6 Å². The van der Waals surface area contributed by atoms with E-state index < -0.39 is 0 Å². The number of carbonyl (C=O) groups excluding carboxylic acids is 1. The second kappa shape index (κ2) is 6.84. The largest absolute Gasteiger partial charge is 0.484 e. The number of ether oxygens (including phenoxy) is 1. The lowest BCUT2D eigenvalue weighted by Gasteiger charge is -2.07. The van der Waals surface area contributed by atoms with E-state index in [4.69, 9.17) is 4.74 Å². The highest BCUT2D eigenvalue weighted by molar-refractivity contribution is 5.77. The number of hydrogen-bond donors (Lipinski definition) is 2. The van der Waals surface area contributed by atoms with Crippen LogP contribution in [-0.2, 0) is 4.79 Å². The number of para-hydroxylation sites is 1. The van der Waals surface area contributed by atoms with Crippen LogP contribution >= 0.6 is 0 Å². The van der Waals surface area contributed by atoms with Gasteiger partial charge < -0.3 is 15.4 Å². The average Bonchev–Trinajstić information content (AvgIpc) is 2.28. The first-order chi connectivity index (χ1) is 7.33. The quantitative estimate of drug-likeness (QED) is 0.535. The Balaban J connectivity index is 2.17. The highest BCUT2D eigenvalue weighted by atomic mass is 16.5. The van der Waals surface area contributed by atoms with E-state index in [0.29, 0.717) is 12.4 Å². The fourth-order valence-corrected chi connectivity index (χ4v) is 1.00. The molecule has 0 heterocycles. The molecule has 1 amide bonds. The van der Waals surface area contributed by atoms with Gasteiger partial charge in [-0.05, 0) is 18.7 Å². The predicted molar refractivity (Wildman–Crippen MR) is 58.6 cm³/mol. The van der Waals surface area contributed by atoms with Gasteiger partial charge in [0.25, 0.3) is 5.91 Å². The average molecular weight is 208 g/mol. The minimum absolute atomic E-state index is 0.0510. The summed E-state index contributed by atoms with van der Waals surface area (Å²) >= 11 is 0. The van der Waals surface area contributed by atoms with Gasteiger partial charge in [-0.25, -0.2) is 0 Å². The van der Waals surface area contributed by atoms with E-state index in [1.807, 2.05) is 37.3 Å². The van der Waals surface area contributed by atoms with Gasteiger partial charge in [0.05, 0.1) is 6.67 Å². The summed E-state index contributed by atoms with van der Waals surface area (Å²) in [5, 5.41) is 5.67. The van der Waals surface area contributed by atoms with Crippen LogP contribution in [0.2, 0.25) is 0 Å². The van der Waals surface area contributed by atoms with Crippen molar-refractivity contribution in [3.05, 3.63) is 30.3 Å². The van der Waals surface area contributed by atoms with Crippen LogP contribution in [0.4, 0.5) is 0 Å². The van der Waals surface area contributed by atoms with Gasteiger partial charge >= 0.3 is 0 Å². The standard InChI is InChI=1S/C11H16N2O2/c1-2-12-9-13-11(14)8-15-10-6-4-3-5-7-10/h3-7,12H,2,8-9H2,1H3,(H,13,14). The minimum Gasteiger partial charge on any atom is -0.484 e. The van der Waals surface area contributed by atoms with Crippen molar-refractivity contribution in [1.29, 1.82) is 0 Å². The van der Waals surface area contributed by atoms with Crippen molar-refractivity contribution in [2.24, 2.45) is 0 Å². The van der Waals surface area contributed by atoms with Crippen LogP contribution in [0.25, 0.3) is 0 Å². The number of rotatable bonds is 6. The molecule has 0 unspecified atom stereocenters. The summed E-state index contributed by atoms with van der Waals surface area (Å²) in [6.07, 6.45) is 0. The third-order valence-electron chi connectivity index (χ3n) is 1.77. The molecule has 0 radical (unpaired) electrons. The van der Waals surface area contributed by atoms with Crippen molar-refractivity contribution in [3.8, 4) is 5.75 Å². The van der Waals surface area contributed by atoms with Crippen molar-refractivity contribution < 1.29 is 9.53 Å². The van der Waals surface area contributed by atoms with Gasteiger partial charge in [0.15, 0.2) is 6.61 Å². The Hall–Kier alpha value is -1.55. The van der Waals surface area contributed by atoms with Crippen LogP contribution in [0.5, 0.6) is 5.75 Å². The van der Waals surface area contributed by atoms with Gasteiger partial charge in [-0.2, -0.15) is 0 Å². The summed E-state index contributed by atoms with van der Waals surface area (Å²) in [7, 11) is 0. The molecular weight excluding hydrogens is 192 g/mol. The summed E-state index contributed by atoms with van der Waals surface area (Å²) in [5.74, 6) is 0.580. The molecule has 4 nitrogen and oxygen atoms in total. The molecule has 0 aliphatic carbocycles. The van der Waals surface area contributed by atoms with Gasteiger partial charge in [-0.1, -0.05) is 25.1 Å². The fraction of sp³-hybridized carbons (Fsp3) is 0.364. The van der Waals surface area contributed by atoms with Crippen LogP contribution in [0, 0.1) is 0 Å². The summed E-state index contributed by atoms with van der Waals surface area (Å²) in [5.41, 5.74) is 0. The second-order valence-corrected chi connectivity index (χ2v) is 2.98. The molecule has 0 bridgehead atoms. The van der Waals surface area contributed by atoms with Crippen molar-refractivity contribution >= 4 is 5.91 Å². The zero-order valence-electron chi connectivity index (χ0n) is 8.82. The number of hydrogen-bond acceptors (Lipinski definition) is 3. The maximum Gasteiger partial charge on any atom is 0.258 e. The molecule has 0 aromatic heterocycles. The SMILES string of the molecule is CCNCNC(=O)COc1ccccc1. The molecule has 1 rings (SSSR count). The summed E-state index contributed by atoms with van der Waals surface area (Å²) < 4.78 is 5.26. The van der Waals surface area contributed by atoms with Crippen molar-refractivity contribution in [2.45, 2.75) is 6.92 Å². The van der Waals surface area contributed by atoms with Crippen LogP contribution in [0.1, 0.15) is 6.92 Å². The Bertz CT molecular complexity index is 288. The normalized spacial score (nSPS) is 9.67. The van der Waals surface area contributed by atoms with Crippen molar-refractivity contribution in [2.75, 3.05) is 19.8 Å². The molecule has 1 aromatic carbocycles. The summed E-state index contributed by atoms with van der Waals surface area (Å²) in [6, 6.07) is 9.27. The first-order valence-electron chi connectivity index (χ1n) is 4.98. The van der Waals surface area contributed by atoms with E-state index in [0.717, 1.165) is 6.54 Å². The number of carbonyl (C=O) groups is 1. The Kier molecular flexibility index (Phi) is 5.25. The number of amides is 1. The Labute approximate surface area is 89.6 Å². The third kappa shape index (κ3) is 5.02. The second-order valence-electron chi connectivity index (χ2n) is 2.98. The molecule has 0 spiro atoms. The molecular formula is C11H16N2O2. The van der Waals surface area contributed by atoms with Crippen LogP contribution in [0.15, 0.2) is 30.3 Å². The fourth-order valence-electron chi connectivity index (χ4n) is 1.00. The minimum atomic E-state index is -0.125. The molecule has 0 fully saturated rings. The molecule has 0 saturated carbocycles. The highest BCUT2D eigenvalue weighted by Gasteiger charge is 2.00. The lowest BCUT2D eigenvalue weighted by atomic mass is 10.3.